The number of benzene rings is 1. The first kappa shape index (κ1) is 18.7. The lowest BCUT2D eigenvalue weighted by molar-refractivity contribution is -0.301. The zero-order chi connectivity index (χ0) is 17.5. The topological polar surface area (TPSA) is 138 Å². The van der Waals surface area contributed by atoms with Gasteiger partial charge in [-0.25, -0.2) is 4.79 Å². The SMILES string of the molecule is O=C(ONCCO[C@@H]1OC(CO)[C@@H](O)[C@H](O)C1O)c1ccccc1. The largest absolute Gasteiger partial charge is 0.394 e. The average molecular weight is 343 g/mol. The van der Waals surface area contributed by atoms with Gasteiger partial charge in [-0.1, -0.05) is 18.2 Å². The van der Waals surface area contributed by atoms with E-state index in [0.29, 0.717) is 5.56 Å². The van der Waals surface area contributed by atoms with Crippen LogP contribution in [0.2, 0.25) is 0 Å². The molecule has 24 heavy (non-hydrogen) atoms. The molecule has 1 heterocycles. The number of aliphatic hydroxyl groups excluding tert-OH is 4. The molecule has 0 amide bonds. The molecule has 1 aromatic carbocycles. The van der Waals surface area contributed by atoms with Crippen molar-refractivity contribution >= 4 is 5.97 Å². The minimum Gasteiger partial charge on any atom is -0.394 e. The van der Waals surface area contributed by atoms with Gasteiger partial charge < -0.3 is 34.7 Å². The van der Waals surface area contributed by atoms with Crippen molar-refractivity contribution in [3.8, 4) is 0 Å². The summed E-state index contributed by atoms with van der Waals surface area (Å²) in [5.74, 6) is -0.552. The number of hydrogen-bond acceptors (Lipinski definition) is 9. The molecule has 9 heteroatoms. The summed E-state index contributed by atoms with van der Waals surface area (Å²) in [5.41, 5.74) is 2.80. The molecular weight excluding hydrogens is 322 g/mol. The fourth-order valence-corrected chi connectivity index (χ4v) is 2.17. The minimum absolute atomic E-state index is 0.00917. The van der Waals surface area contributed by atoms with Crippen molar-refractivity contribution in [2.75, 3.05) is 19.8 Å². The Morgan fingerprint density at radius 1 is 1.12 bits per heavy atom. The van der Waals surface area contributed by atoms with E-state index in [1.54, 1.807) is 30.3 Å². The molecule has 9 nitrogen and oxygen atoms in total. The normalized spacial score (nSPS) is 30.1. The second-order valence-electron chi connectivity index (χ2n) is 5.22. The molecule has 5 atom stereocenters. The highest BCUT2D eigenvalue weighted by molar-refractivity contribution is 5.89. The molecule has 5 N–H and O–H groups in total. The predicted octanol–water partition coefficient (Wildman–Crippen LogP) is -1.84. The van der Waals surface area contributed by atoms with Crippen LogP contribution in [-0.2, 0) is 14.3 Å². The molecular formula is C15H21NO8. The fraction of sp³-hybridized carbons (Fsp3) is 0.533. The first-order chi connectivity index (χ1) is 11.5. The van der Waals surface area contributed by atoms with Crippen LogP contribution in [0.1, 0.15) is 10.4 Å². The van der Waals surface area contributed by atoms with Crippen molar-refractivity contribution in [1.82, 2.24) is 5.48 Å². The maximum absolute atomic E-state index is 11.6. The molecule has 1 aromatic rings. The van der Waals surface area contributed by atoms with Gasteiger partial charge in [0.15, 0.2) is 6.29 Å². The molecule has 0 aliphatic carbocycles. The molecule has 1 saturated heterocycles. The predicted molar refractivity (Wildman–Crippen MR) is 79.6 cm³/mol. The Bertz CT molecular complexity index is 511. The third-order valence-electron chi connectivity index (χ3n) is 3.51. The molecule has 1 aliphatic rings. The standard InChI is InChI=1S/C15H21NO8/c17-8-10-11(18)12(19)13(20)15(23-10)22-7-6-16-24-14(21)9-4-2-1-3-5-9/h1-5,10-13,15-20H,6-8H2/t10?,11-,12+,13?,15-/m1/s1. The van der Waals surface area contributed by atoms with E-state index in [2.05, 4.69) is 5.48 Å². The lowest BCUT2D eigenvalue weighted by Gasteiger charge is -2.39. The molecule has 134 valence electrons. The summed E-state index contributed by atoms with van der Waals surface area (Å²) in [6.07, 6.45) is -6.64. The van der Waals surface area contributed by atoms with Crippen LogP contribution in [0.5, 0.6) is 0 Å². The third kappa shape index (κ3) is 4.71. The van der Waals surface area contributed by atoms with E-state index in [4.69, 9.17) is 19.4 Å². The highest BCUT2D eigenvalue weighted by Crippen LogP contribution is 2.21. The Kier molecular flexibility index (Phi) is 7.06. The first-order valence-electron chi connectivity index (χ1n) is 7.45. The summed E-state index contributed by atoms with van der Waals surface area (Å²) >= 11 is 0. The van der Waals surface area contributed by atoms with Gasteiger partial charge in [0.05, 0.1) is 25.3 Å². The molecule has 2 unspecified atom stereocenters. The van der Waals surface area contributed by atoms with Gasteiger partial charge in [-0.05, 0) is 12.1 Å². The number of aliphatic hydroxyl groups is 4. The summed E-state index contributed by atoms with van der Waals surface area (Å²) < 4.78 is 10.4. The monoisotopic (exact) mass is 343 g/mol. The van der Waals surface area contributed by atoms with Crippen LogP contribution in [0.25, 0.3) is 0 Å². The second kappa shape index (κ2) is 9.04. The van der Waals surface area contributed by atoms with Gasteiger partial charge in [0.1, 0.15) is 24.4 Å². The van der Waals surface area contributed by atoms with Gasteiger partial charge in [0, 0.05) is 0 Å². The molecule has 0 radical (unpaired) electrons. The van der Waals surface area contributed by atoms with E-state index in [1.165, 1.54) is 0 Å². The number of carbonyl (C=O) groups excluding carboxylic acids is 1. The number of carbonyl (C=O) groups is 1. The second-order valence-corrected chi connectivity index (χ2v) is 5.22. The van der Waals surface area contributed by atoms with Crippen LogP contribution in [0.15, 0.2) is 30.3 Å². The van der Waals surface area contributed by atoms with Crippen molar-refractivity contribution < 1.29 is 39.5 Å². The smallest absolute Gasteiger partial charge is 0.356 e. The highest BCUT2D eigenvalue weighted by atomic mass is 16.7. The lowest BCUT2D eigenvalue weighted by atomic mass is 9.99. The maximum Gasteiger partial charge on any atom is 0.356 e. The van der Waals surface area contributed by atoms with Crippen molar-refractivity contribution in [3.63, 3.8) is 0 Å². The van der Waals surface area contributed by atoms with Crippen LogP contribution in [0, 0.1) is 0 Å². The van der Waals surface area contributed by atoms with E-state index < -0.39 is 43.3 Å². The quantitative estimate of drug-likeness (QED) is 0.286. The van der Waals surface area contributed by atoms with Crippen LogP contribution in [-0.4, -0.2) is 76.9 Å². The van der Waals surface area contributed by atoms with E-state index in [0.717, 1.165) is 0 Å². The van der Waals surface area contributed by atoms with Gasteiger partial charge in [0.25, 0.3) is 0 Å². The van der Waals surface area contributed by atoms with Crippen LogP contribution >= 0.6 is 0 Å². The van der Waals surface area contributed by atoms with Gasteiger partial charge in [0.2, 0.25) is 0 Å². The third-order valence-corrected chi connectivity index (χ3v) is 3.51. The maximum atomic E-state index is 11.6. The Morgan fingerprint density at radius 2 is 1.83 bits per heavy atom. The van der Waals surface area contributed by atoms with Gasteiger partial charge in [-0.15, -0.1) is 0 Å². The number of ether oxygens (including phenoxy) is 2. The molecule has 0 aromatic heterocycles. The fourth-order valence-electron chi connectivity index (χ4n) is 2.17. The Labute approximate surface area is 138 Å². The lowest BCUT2D eigenvalue weighted by Crippen LogP contribution is -2.59. The van der Waals surface area contributed by atoms with Gasteiger partial charge >= 0.3 is 5.97 Å². The molecule has 1 aliphatic heterocycles. The van der Waals surface area contributed by atoms with Crippen molar-refractivity contribution in [3.05, 3.63) is 35.9 Å². The number of rotatable bonds is 7. The Hall–Kier alpha value is -1.59. The summed E-state index contributed by atoms with van der Waals surface area (Å²) in [5, 5.41) is 38.1. The van der Waals surface area contributed by atoms with Crippen molar-refractivity contribution in [2.45, 2.75) is 30.7 Å². The zero-order valence-electron chi connectivity index (χ0n) is 12.8. The van der Waals surface area contributed by atoms with Gasteiger partial charge in [-0.2, -0.15) is 5.48 Å². The van der Waals surface area contributed by atoms with Crippen molar-refractivity contribution in [1.29, 1.82) is 0 Å². The van der Waals surface area contributed by atoms with Gasteiger partial charge in [-0.3, -0.25) is 0 Å². The highest BCUT2D eigenvalue weighted by Gasteiger charge is 2.43. The van der Waals surface area contributed by atoms with Crippen LogP contribution in [0.3, 0.4) is 0 Å². The molecule has 0 saturated carbocycles. The summed E-state index contributed by atoms with van der Waals surface area (Å²) in [7, 11) is 0. The van der Waals surface area contributed by atoms with E-state index in [9.17, 15) is 20.1 Å². The zero-order valence-corrected chi connectivity index (χ0v) is 12.8. The van der Waals surface area contributed by atoms with E-state index in [-0.39, 0.29) is 13.2 Å². The summed E-state index contributed by atoms with van der Waals surface area (Å²) in [6.45, 7) is -0.434. The Balaban J connectivity index is 1.69. The number of hydroxylamine groups is 1. The molecule has 1 fully saturated rings. The first-order valence-corrected chi connectivity index (χ1v) is 7.45. The van der Waals surface area contributed by atoms with Crippen LogP contribution in [0.4, 0.5) is 0 Å². The van der Waals surface area contributed by atoms with E-state index >= 15 is 0 Å². The van der Waals surface area contributed by atoms with Crippen LogP contribution < -0.4 is 5.48 Å². The average Bonchev–Trinajstić information content (AvgIpc) is 2.61. The van der Waals surface area contributed by atoms with E-state index in [1.807, 2.05) is 0 Å². The molecule has 0 spiro atoms. The Morgan fingerprint density at radius 3 is 2.50 bits per heavy atom. The number of nitrogens with one attached hydrogen (secondary N) is 1. The minimum atomic E-state index is -1.50. The molecule has 0 bridgehead atoms. The van der Waals surface area contributed by atoms with Crippen molar-refractivity contribution in [2.24, 2.45) is 0 Å². The summed E-state index contributed by atoms with van der Waals surface area (Å²) in [6, 6.07) is 8.40. The summed E-state index contributed by atoms with van der Waals surface area (Å²) in [4.78, 5) is 16.5. The number of hydrogen-bond donors (Lipinski definition) is 5. The molecule has 2 rings (SSSR count).